The van der Waals surface area contributed by atoms with Crippen LogP contribution in [0.3, 0.4) is 0 Å². The summed E-state index contributed by atoms with van der Waals surface area (Å²) in [5.41, 5.74) is 6.94. The van der Waals surface area contributed by atoms with Crippen LogP contribution < -0.4 is 5.73 Å². The minimum atomic E-state index is 0.134. The Morgan fingerprint density at radius 2 is 2.25 bits per heavy atom. The molecule has 0 fully saturated rings. The minimum absolute atomic E-state index is 0.134. The molecule has 2 rings (SSSR count). The maximum Gasteiger partial charge on any atom is 0.263 e. The van der Waals surface area contributed by atoms with E-state index in [1.54, 1.807) is 11.3 Å². The van der Waals surface area contributed by atoms with Gasteiger partial charge in [-0.1, -0.05) is 26.1 Å². The van der Waals surface area contributed by atoms with E-state index in [9.17, 15) is 4.79 Å². The third kappa shape index (κ3) is 3.79. The Morgan fingerprint density at radius 1 is 1.50 bits per heavy atom. The molecule has 0 spiro atoms. The van der Waals surface area contributed by atoms with Gasteiger partial charge in [-0.05, 0) is 36.8 Å². The normalized spacial score (nSPS) is 13.6. The molecule has 20 heavy (non-hydrogen) atoms. The Hall–Kier alpha value is -0.940. The van der Waals surface area contributed by atoms with Gasteiger partial charge in [0.15, 0.2) is 0 Å². The van der Waals surface area contributed by atoms with Gasteiger partial charge in [-0.3, -0.25) is 4.79 Å². The van der Waals surface area contributed by atoms with Crippen LogP contribution in [0.4, 0.5) is 0 Å². The lowest BCUT2D eigenvalue weighted by molar-refractivity contribution is 0.0746. The molecule has 1 aromatic rings. The summed E-state index contributed by atoms with van der Waals surface area (Å²) in [6.07, 6.45) is 4.08. The van der Waals surface area contributed by atoms with Gasteiger partial charge < -0.3 is 10.6 Å². The molecule has 2 N–H and O–H groups in total. The highest BCUT2D eigenvalue weighted by Gasteiger charge is 2.22. The summed E-state index contributed by atoms with van der Waals surface area (Å²) in [4.78, 5) is 17.3. The molecular formula is C15H22N2OS2. The van der Waals surface area contributed by atoms with E-state index in [1.165, 1.54) is 16.9 Å². The Kier molecular flexibility index (Phi) is 5.16. The van der Waals surface area contributed by atoms with Crippen LogP contribution in [0.15, 0.2) is 6.07 Å². The molecule has 1 aliphatic carbocycles. The lowest BCUT2D eigenvalue weighted by Gasteiger charge is -2.24. The summed E-state index contributed by atoms with van der Waals surface area (Å²) in [7, 11) is 0. The number of carbonyl (C=O) groups is 1. The van der Waals surface area contributed by atoms with Crippen LogP contribution in [0.5, 0.6) is 0 Å². The maximum absolute atomic E-state index is 12.7. The van der Waals surface area contributed by atoms with Crippen molar-refractivity contribution in [3.05, 3.63) is 21.4 Å². The zero-order valence-corrected chi connectivity index (χ0v) is 13.8. The number of nitrogens with two attached hydrogens (primary N) is 1. The number of thiocarbonyl (C=S) groups is 1. The fraction of sp³-hybridized carbons (Fsp3) is 0.600. The van der Waals surface area contributed by atoms with Crippen molar-refractivity contribution in [3.63, 3.8) is 0 Å². The number of fused-ring (bicyclic) bond motifs is 1. The zero-order valence-electron chi connectivity index (χ0n) is 12.1. The van der Waals surface area contributed by atoms with Crippen molar-refractivity contribution >= 4 is 34.5 Å². The minimum Gasteiger partial charge on any atom is -0.393 e. The van der Waals surface area contributed by atoms with Gasteiger partial charge in [-0.2, -0.15) is 0 Å². The van der Waals surface area contributed by atoms with Crippen molar-refractivity contribution in [1.82, 2.24) is 4.90 Å². The molecule has 0 unspecified atom stereocenters. The first-order valence-electron chi connectivity index (χ1n) is 7.16. The van der Waals surface area contributed by atoms with E-state index in [4.69, 9.17) is 18.0 Å². The summed E-state index contributed by atoms with van der Waals surface area (Å²) in [5, 5.41) is 0. The van der Waals surface area contributed by atoms with Crippen molar-refractivity contribution in [2.75, 3.05) is 13.1 Å². The standard InChI is InChI=1S/C15H22N2OS2/c1-10(2)9-17(7-6-14(16)19)15(18)13-8-11-4-3-5-12(11)20-13/h8,10H,3-7,9H2,1-2H3,(H2,16,19). The topological polar surface area (TPSA) is 46.3 Å². The zero-order chi connectivity index (χ0) is 14.7. The Morgan fingerprint density at radius 3 is 2.85 bits per heavy atom. The number of hydrogen-bond donors (Lipinski definition) is 1. The molecule has 110 valence electrons. The van der Waals surface area contributed by atoms with Crippen LogP contribution in [0, 0.1) is 5.92 Å². The average molecular weight is 310 g/mol. The molecule has 5 heteroatoms. The van der Waals surface area contributed by atoms with E-state index >= 15 is 0 Å². The number of hydrogen-bond acceptors (Lipinski definition) is 3. The van der Waals surface area contributed by atoms with E-state index in [-0.39, 0.29) is 5.91 Å². The third-order valence-corrected chi connectivity index (χ3v) is 4.89. The largest absolute Gasteiger partial charge is 0.393 e. The predicted molar refractivity (Wildman–Crippen MR) is 88.5 cm³/mol. The van der Waals surface area contributed by atoms with Crippen LogP contribution in [-0.2, 0) is 12.8 Å². The third-order valence-electron chi connectivity index (χ3n) is 3.46. The molecule has 1 aliphatic rings. The first kappa shape index (κ1) is 15.4. The summed E-state index contributed by atoms with van der Waals surface area (Å²) < 4.78 is 0. The van der Waals surface area contributed by atoms with Crippen molar-refractivity contribution in [2.45, 2.75) is 39.5 Å². The number of thiophene rings is 1. The summed E-state index contributed by atoms with van der Waals surface area (Å²) >= 11 is 6.59. The molecule has 3 nitrogen and oxygen atoms in total. The fourth-order valence-corrected chi connectivity index (χ4v) is 3.86. The van der Waals surface area contributed by atoms with Crippen LogP contribution in [0.1, 0.15) is 46.8 Å². The number of aryl methyl sites for hydroxylation is 2. The summed E-state index contributed by atoms with van der Waals surface area (Å²) in [5.74, 6) is 0.575. The van der Waals surface area contributed by atoms with Gasteiger partial charge in [0.25, 0.3) is 5.91 Å². The first-order valence-corrected chi connectivity index (χ1v) is 8.39. The highest BCUT2D eigenvalue weighted by atomic mass is 32.1. The maximum atomic E-state index is 12.7. The van der Waals surface area contributed by atoms with Gasteiger partial charge in [0.2, 0.25) is 0 Å². The number of rotatable bonds is 6. The van der Waals surface area contributed by atoms with Gasteiger partial charge in [-0.25, -0.2) is 0 Å². The van der Waals surface area contributed by atoms with E-state index in [2.05, 4.69) is 19.9 Å². The van der Waals surface area contributed by atoms with Crippen LogP contribution in [0.2, 0.25) is 0 Å². The Labute approximate surface area is 130 Å². The highest BCUT2D eigenvalue weighted by Crippen LogP contribution is 2.31. The van der Waals surface area contributed by atoms with Crippen LogP contribution in [0.25, 0.3) is 0 Å². The van der Waals surface area contributed by atoms with Crippen LogP contribution in [-0.4, -0.2) is 28.9 Å². The van der Waals surface area contributed by atoms with Gasteiger partial charge in [0.05, 0.1) is 9.87 Å². The molecule has 0 atom stereocenters. The monoisotopic (exact) mass is 310 g/mol. The quantitative estimate of drug-likeness (QED) is 0.822. The smallest absolute Gasteiger partial charge is 0.263 e. The van der Waals surface area contributed by atoms with E-state index < -0.39 is 0 Å². The molecule has 0 aromatic carbocycles. The van der Waals surface area contributed by atoms with Gasteiger partial charge in [0.1, 0.15) is 0 Å². The number of nitrogens with zero attached hydrogens (tertiary/aromatic N) is 1. The van der Waals surface area contributed by atoms with E-state index in [0.29, 0.717) is 23.9 Å². The average Bonchev–Trinajstić information content (AvgIpc) is 2.93. The second-order valence-corrected chi connectivity index (χ2v) is 7.44. The summed E-state index contributed by atoms with van der Waals surface area (Å²) in [6, 6.07) is 2.09. The van der Waals surface area contributed by atoms with E-state index in [1.807, 2.05) is 4.90 Å². The fourth-order valence-electron chi connectivity index (χ4n) is 2.55. The van der Waals surface area contributed by atoms with Crippen molar-refractivity contribution in [2.24, 2.45) is 11.7 Å². The molecule has 0 saturated carbocycles. The van der Waals surface area contributed by atoms with Gasteiger partial charge >= 0.3 is 0 Å². The van der Waals surface area contributed by atoms with Crippen LogP contribution >= 0.6 is 23.6 Å². The number of carbonyl (C=O) groups excluding carboxylic acids is 1. The van der Waals surface area contributed by atoms with Crippen molar-refractivity contribution in [1.29, 1.82) is 0 Å². The molecule has 1 heterocycles. The second kappa shape index (κ2) is 6.68. The number of amides is 1. The molecule has 0 bridgehead atoms. The predicted octanol–water partition coefficient (Wildman–Crippen LogP) is 3.01. The highest BCUT2D eigenvalue weighted by molar-refractivity contribution is 7.80. The molecule has 1 amide bonds. The van der Waals surface area contributed by atoms with Gasteiger partial charge in [-0.15, -0.1) is 11.3 Å². The Bertz CT molecular complexity index is 486. The lowest BCUT2D eigenvalue weighted by Crippen LogP contribution is -2.36. The second-order valence-electron chi connectivity index (χ2n) is 5.77. The van der Waals surface area contributed by atoms with Gasteiger partial charge in [0, 0.05) is 24.4 Å². The molecule has 0 aliphatic heterocycles. The van der Waals surface area contributed by atoms with Crippen molar-refractivity contribution in [3.8, 4) is 0 Å². The lowest BCUT2D eigenvalue weighted by atomic mass is 10.2. The SMILES string of the molecule is CC(C)CN(CCC(N)=S)C(=O)c1cc2c(s1)CCC2. The summed E-state index contributed by atoms with van der Waals surface area (Å²) in [6.45, 7) is 5.61. The molecule has 0 saturated heterocycles. The molecule has 1 aromatic heterocycles. The van der Waals surface area contributed by atoms with Crippen molar-refractivity contribution < 1.29 is 4.79 Å². The van der Waals surface area contributed by atoms with E-state index in [0.717, 1.165) is 24.3 Å². The molecular weight excluding hydrogens is 288 g/mol. The Balaban J connectivity index is 2.09. The first-order chi connectivity index (χ1) is 9.47. The molecule has 0 radical (unpaired) electrons.